The number of primary amides is 1. The molecule has 58 valence electrons. The van der Waals surface area contributed by atoms with Crippen molar-refractivity contribution in [2.45, 2.75) is 32.1 Å². The zero-order chi connectivity index (χ0) is 7.82. The molecule has 0 radical (unpaired) electrons. The molecule has 2 nitrogen and oxygen atoms in total. The van der Waals surface area contributed by atoms with E-state index in [1.54, 1.807) is 0 Å². The summed E-state index contributed by atoms with van der Waals surface area (Å²) in [5, 5.41) is 0. The van der Waals surface area contributed by atoms with E-state index < -0.39 is 5.91 Å². The third-order valence-corrected chi connectivity index (χ3v) is 1.45. The highest BCUT2D eigenvalue weighted by Crippen LogP contribution is 2.15. The van der Waals surface area contributed by atoms with Crippen molar-refractivity contribution < 1.29 is 4.79 Å². The molecule has 2 N–H and O–H groups in total. The zero-order valence-corrected chi connectivity index (χ0v) is 6.31. The topological polar surface area (TPSA) is 43.1 Å². The molecule has 10 heavy (non-hydrogen) atoms. The molecule has 0 heterocycles. The van der Waals surface area contributed by atoms with Crippen LogP contribution in [0.15, 0.2) is 12.7 Å². The van der Waals surface area contributed by atoms with Gasteiger partial charge in [0.1, 0.15) is 0 Å². The molecule has 0 unspecified atom stereocenters. The lowest BCUT2D eigenvalue weighted by Crippen LogP contribution is -2.04. The lowest BCUT2D eigenvalue weighted by atomic mass is 10.4. The molecule has 0 aromatic carbocycles. The highest BCUT2D eigenvalue weighted by atomic mass is 16.1. The summed E-state index contributed by atoms with van der Waals surface area (Å²) < 4.78 is 0. The van der Waals surface area contributed by atoms with E-state index in [1.165, 1.54) is 32.1 Å². The van der Waals surface area contributed by atoms with E-state index in [0.29, 0.717) is 0 Å². The van der Waals surface area contributed by atoms with Crippen molar-refractivity contribution in [1.82, 2.24) is 0 Å². The third kappa shape index (κ3) is 7.21. The summed E-state index contributed by atoms with van der Waals surface area (Å²) in [6, 6.07) is 0. The molecule has 2 heteroatoms. The van der Waals surface area contributed by atoms with Gasteiger partial charge in [-0.25, -0.2) is 0 Å². The smallest absolute Gasteiger partial charge is 0.240 e. The van der Waals surface area contributed by atoms with E-state index in [4.69, 9.17) is 0 Å². The quantitative estimate of drug-likeness (QED) is 0.554. The highest BCUT2D eigenvalue weighted by molar-refractivity contribution is 5.84. The average Bonchev–Trinajstić information content (AvgIpc) is 2.43. The Kier molecular flexibility index (Phi) is 5.83. The Bertz CT molecular complexity index is 98.2. The van der Waals surface area contributed by atoms with E-state index >= 15 is 0 Å². The summed E-state index contributed by atoms with van der Waals surface area (Å²) in [5.74, 6) is -0.481. The predicted molar refractivity (Wildman–Crippen MR) is 42.5 cm³/mol. The summed E-state index contributed by atoms with van der Waals surface area (Å²) in [6.45, 7) is 3.09. The summed E-state index contributed by atoms with van der Waals surface area (Å²) in [6.07, 6.45) is 8.56. The molecule has 0 atom stereocenters. The van der Waals surface area contributed by atoms with Gasteiger partial charge in [-0.15, -0.1) is 0 Å². The van der Waals surface area contributed by atoms with Gasteiger partial charge < -0.3 is 5.73 Å². The van der Waals surface area contributed by atoms with E-state index in [-0.39, 0.29) is 0 Å². The van der Waals surface area contributed by atoms with Gasteiger partial charge in [0.25, 0.3) is 0 Å². The molecular weight excluding hydrogens is 126 g/mol. The van der Waals surface area contributed by atoms with Crippen LogP contribution in [-0.2, 0) is 4.79 Å². The number of rotatable bonds is 1. The van der Waals surface area contributed by atoms with E-state index in [9.17, 15) is 4.79 Å². The van der Waals surface area contributed by atoms with Crippen LogP contribution >= 0.6 is 0 Å². The number of nitrogens with two attached hydrogens (primary N) is 1. The highest BCUT2D eigenvalue weighted by Gasteiger charge is 1.95. The first-order chi connectivity index (χ1) is 4.77. The molecule has 0 aromatic heterocycles. The molecule has 1 aliphatic carbocycles. The second kappa shape index (κ2) is 6.33. The number of amides is 1. The minimum absolute atomic E-state index is 0.481. The van der Waals surface area contributed by atoms with Crippen molar-refractivity contribution >= 4 is 5.91 Å². The Morgan fingerprint density at radius 2 is 1.40 bits per heavy atom. The number of hydrogen-bond donors (Lipinski definition) is 1. The Morgan fingerprint density at radius 3 is 1.50 bits per heavy atom. The van der Waals surface area contributed by atoms with Crippen molar-refractivity contribution in [3.8, 4) is 0 Å². The standard InChI is InChI=1S/C5H10.C3H5NO/c1-2-4-5-3-1;1-2-3(4)5/h1-5H2;2H,1H2,(H2,4,5). The summed E-state index contributed by atoms with van der Waals surface area (Å²) >= 11 is 0. The fourth-order valence-electron chi connectivity index (χ4n) is 0.884. The molecule has 1 saturated carbocycles. The van der Waals surface area contributed by atoms with Gasteiger partial charge in [0.05, 0.1) is 0 Å². The minimum atomic E-state index is -0.481. The van der Waals surface area contributed by atoms with Crippen molar-refractivity contribution in [2.24, 2.45) is 5.73 Å². The largest absolute Gasteiger partial charge is 0.366 e. The second-order valence-corrected chi connectivity index (χ2v) is 2.37. The molecule has 0 spiro atoms. The van der Waals surface area contributed by atoms with Gasteiger partial charge in [-0.3, -0.25) is 4.79 Å². The number of carbonyl (C=O) groups is 1. The van der Waals surface area contributed by atoms with Crippen molar-refractivity contribution in [3.05, 3.63) is 12.7 Å². The molecule has 0 aliphatic heterocycles. The van der Waals surface area contributed by atoms with Gasteiger partial charge in [0.15, 0.2) is 0 Å². The van der Waals surface area contributed by atoms with Crippen molar-refractivity contribution in [3.63, 3.8) is 0 Å². The fraction of sp³-hybridized carbons (Fsp3) is 0.625. The van der Waals surface area contributed by atoms with Gasteiger partial charge in [-0.1, -0.05) is 38.7 Å². The van der Waals surface area contributed by atoms with E-state index in [0.717, 1.165) is 6.08 Å². The Morgan fingerprint density at radius 1 is 1.20 bits per heavy atom. The second-order valence-electron chi connectivity index (χ2n) is 2.37. The van der Waals surface area contributed by atoms with Gasteiger partial charge >= 0.3 is 0 Å². The SMILES string of the molecule is C1CCCC1.C=CC(N)=O. The summed E-state index contributed by atoms with van der Waals surface area (Å²) in [4.78, 5) is 9.47. The van der Waals surface area contributed by atoms with Crippen molar-refractivity contribution in [1.29, 1.82) is 0 Å². The maximum atomic E-state index is 9.47. The fourth-order valence-corrected chi connectivity index (χ4v) is 0.884. The van der Waals surface area contributed by atoms with Gasteiger partial charge in [0, 0.05) is 0 Å². The van der Waals surface area contributed by atoms with Crippen LogP contribution in [0.3, 0.4) is 0 Å². The maximum absolute atomic E-state index is 9.47. The van der Waals surface area contributed by atoms with Crippen LogP contribution < -0.4 is 5.73 Å². The monoisotopic (exact) mass is 141 g/mol. The van der Waals surface area contributed by atoms with Gasteiger partial charge in [-0.05, 0) is 6.08 Å². The van der Waals surface area contributed by atoms with E-state index in [1.807, 2.05) is 0 Å². The first-order valence-corrected chi connectivity index (χ1v) is 3.69. The zero-order valence-electron chi connectivity index (χ0n) is 6.31. The van der Waals surface area contributed by atoms with Crippen LogP contribution in [0.1, 0.15) is 32.1 Å². The van der Waals surface area contributed by atoms with E-state index in [2.05, 4.69) is 12.3 Å². The molecule has 1 aliphatic rings. The normalized spacial score (nSPS) is 15.2. The molecular formula is C8H15NO. The lowest BCUT2D eigenvalue weighted by Gasteiger charge is -1.67. The average molecular weight is 141 g/mol. The van der Waals surface area contributed by atoms with Crippen LogP contribution in [-0.4, -0.2) is 5.91 Å². The van der Waals surface area contributed by atoms with Crippen LogP contribution in [0.5, 0.6) is 0 Å². The van der Waals surface area contributed by atoms with Crippen molar-refractivity contribution in [2.75, 3.05) is 0 Å². The molecule has 1 amide bonds. The summed E-state index contributed by atoms with van der Waals surface area (Å²) in [7, 11) is 0. The minimum Gasteiger partial charge on any atom is -0.366 e. The van der Waals surface area contributed by atoms with Crippen LogP contribution in [0, 0.1) is 0 Å². The van der Waals surface area contributed by atoms with Crippen LogP contribution in [0.2, 0.25) is 0 Å². The molecule has 0 saturated heterocycles. The van der Waals surface area contributed by atoms with Crippen LogP contribution in [0.25, 0.3) is 0 Å². The molecule has 1 rings (SSSR count). The maximum Gasteiger partial charge on any atom is 0.240 e. The Labute approximate surface area is 62.1 Å². The van der Waals surface area contributed by atoms with Gasteiger partial charge in [0.2, 0.25) is 5.91 Å². The molecule has 1 fully saturated rings. The lowest BCUT2D eigenvalue weighted by molar-refractivity contribution is -0.113. The Balaban J connectivity index is 0.000000162. The Hall–Kier alpha value is -0.790. The molecule has 0 bridgehead atoms. The molecule has 0 aromatic rings. The van der Waals surface area contributed by atoms with Gasteiger partial charge in [-0.2, -0.15) is 0 Å². The van der Waals surface area contributed by atoms with Crippen LogP contribution in [0.4, 0.5) is 0 Å². The first kappa shape index (κ1) is 9.21. The predicted octanol–water partition coefficient (Wildman–Crippen LogP) is 1.61. The third-order valence-electron chi connectivity index (χ3n) is 1.45. The summed E-state index contributed by atoms with van der Waals surface area (Å²) in [5.41, 5.74) is 4.53. The number of carbonyl (C=O) groups excluding carboxylic acids is 1. The number of hydrogen-bond acceptors (Lipinski definition) is 1. The first-order valence-electron chi connectivity index (χ1n) is 3.69.